The number of benzene rings is 1. The summed E-state index contributed by atoms with van der Waals surface area (Å²) in [5, 5.41) is 4.61. The first kappa shape index (κ1) is 24.5. The average Bonchev–Trinajstić information content (AvgIpc) is 3.21. The van der Waals surface area contributed by atoms with Crippen molar-refractivity contribution in [1.82, 2.24) is 15.2 Å². The number of methoxy groups -OCH3 is 1. The lowest BCUT2D eigenvalue weighted by Crippen LogP contribution is -2.52. The van der Waals surface area contributed by atoms with Crippen molar-refractivity contribution in [3.05, 3.63) is 40.3 Å². The molecule has 1 N–H and O–H groups in total. The summed E-state index contributed by atoms with van der Waals surface area (Å²) in [4.78, 5) is 12.5. The van der Waals surface area contributed by atoms with Gasteiger partial charge in [0.15, 0.2) is 11.7 Å². The third-order valence-corrected chi connectivity index (χ3v) is 5.37. The van der Waals surface area contributed by atoms with Gasteiger partial charge in [-0.05, 0) is 19.1 Å². The minimum atomic E-state index is -4.42. The van der Waals surface area contributed by atoms with E-state index in [0.29, 0.717) is 17.5 Å². The number of thiazole rings is 1. The molecule has 11 heteroatoms. The number of hydrogen-bond donors (Lipinski definition) is 1. The number of anilines is 1. The van der Waals surface area contributed by atoms with Crippen LogP contribution in [0.3, 0.4) is 0 Å². The van der Waals surface area contributed by atoms with Crippen LogP contribution in [0.5, 0.6) is 5.75 Å². The van der Waals surface area contributed by atoms with E-state index >= 15 is 0 Å². The Hall–Kier alpha value is -1.76. The Bertz CT molecular complexity index is 838. The van der Waals surface area contributed by atoms with Crippen LogP contribution in [0.4, 0.5) is 18.9 Å². The fraction of sp³-hybridized carbons (Fsp3) is 0.474. The predicted molar refractivity (Wildman–Crippen MR) is 124 cm³/mol. The van der Waals surface area contributed by atoms with Crippen LogP contribution in [0.1, 0.15) is 17.6 Å². The highest BCUT2D eigenvalue weighted by atomic mass is 127. The number of ether oxygens (including phenoxy) is 1. The summed E-state index contributed by atoms with van der Waals surface area (Å²) in [5.74, 6) is 1.52. The van der Waals surface area contributed by atoms with Crippen LogP contribution in [0.25, 0.3) is 0 Å². The van der Waals surface area contributed by atoms with E-state index in [1.807, 2.05) is 25.1 Å². The quantitative estimate of drug-likeness (QED) is 0.343. The molecule has 0 aliphatic carbocycles. The predicted octanol–water partition coefficient (Wildman–Crippen LogP) is 4.08. The molecule has 1 saturated heterocycles. The van der Waals surface area contributed by atoms with Crippen LogP contribution in [0.2, 0.25) is 0 Å². The van der Waals surface area contributed by atoms with E-state index in [1.165, 1.54) is 0 Å². The maximum absolute atomic E-state index is 12.7. The van der Waals surface area contributed by atoms with Gasteiger partial charge in [-0.1, -0.05) is 6.07 Å². The largest absolute Gasteiger partial charge is 0.497 e. The molecular weight excluding hydrogens is 530 g/mol. The Balaban J connectivity index is 0.00000320. The van der Waals surface area contributed by atoms with Gasteiger partial charge in [-0.15, -0.1) is 35.3 Å². The number of nitrogens with zero attached hydrogens (tertiary/aromatic N) is 4. The molecule has 0 radical (unpaired) electrons. The number of aliphatic imine (C=N–C) groups is 1. The fourth-order valence-electron chi connectivity index (χ4n) is 3.07. The van der Waals surface area contributed by atoms with Crippen LogP contribution in [0.15, 0.2) is 34.6 Å². The molecule has 0 saturated carbocycles. The van der Waals surface area contributed by atoms with Crippen molar-refractivity contribution in [3.8, 4) is 5.75 Å². The normalized spacial score (nSPS) is 15.0. The van der Waals surface area contributed by atoms with Gasteiger partial charge >= 0.3 is 6.18 Å². The molecule has 6 nitrogen and oxygen atoms in total. The molecule has 1 aliphatic heterocycles. The smallest absolute Gasteiger partial charge is 0.434 e. The molecule has 0 spiro atoms. The zero-order chi connectivity index (χ0) is 20.9. The maximum Gasteiger partial charge on any atom is 0.434 e. The van der Waals surface area contributed by atoms with E-state index in [9.17, 15) is 13.2 Å². The molecule has 2 heterocycles. The molecule has 1 aliphatic rings. The summed E-state index contributed by atoms with van der Waals surface area (Å²) in [6.07, 6.45) is -4.42. The molecule has 166 valence electrons. The van der Waals surface area contributed by atoms with Crippen molar-refractivity contribution in [2.75, 3.05) is 44.7 Å². The Morgan fingerprint density at radius 2 is 2.00 bits per heavy atom. The first-order chi connectivity index (χ1) is 13.9. The molecule has 0 amide bonds. The van der Waals surface area contributed by atoms with Gasteiger partial charge in [-0.25, -0.2) is 9.98 Å². The summed E-state index contributed by atoms with van der Waals surface area (Å²) in [6.45, 7) is 5.91. The highest BCUT2D eigenvalue weighted by Gasteiger charge is 2.33. The average molecular weight is 555 g/mol. The Labute approximate surface area is 195 Å². The second-order valence-corrected chi connectivity index (χ2v) is 7.41. The van der Waals surface area contributed by atoms with Gasteiger partial charge in [-0.2, -0.15) is 13.2 Å². The maximum atomic E-state index is 12.7. The summed E-state index contributed by atoms with van der Waals surface area (Å²) in [6, 6.07) is 7.95. The molecule has 3 rings (SSSR count). The van der Waals surface area contributed by atoms with Crippen LogP contribution < -0.4 is 15.0 Å². The zero-order valence-corrected chi connectivity index (χ0v) is 19.9. The van der Waals surface area contributed by atoms with Crippen LogP contribution in [-0.2, 0) is 12.7 Å². The van der Waals surface area contributed by atoms with Crippen molar-refractivity contribution >= 4 is 47.0 Å². The van der Waals surface area contributed by atoms with Gasteiger partial charge in [0.05, 0.1) is 13.7 Å². The standard InChI is InChI=1S/C19H24F3N5OS.HI/c1-3-23-18(24-12-17-25-16(13-29-17)19(20,21)22)27-9-7-26(8-10-27)14-5-4-6-15(11-14)28-2;/h4-6,11,13H,3,7-10,12H2,1-2H3,(H,23,24);1H. The Morgan fingerprint density at radius 3 is 2.60 bits per heavy atom. The second-order valence-electron chi connectivity index (χ2n) is 6.47. The number of nitrogens with one attached hydrogen (secondary N) is 1. The van der Waals surface area contributed by atoms with Gasteiger partial charge in [0.25, 0.3) is 0 Å². The SMILES string of the molecule is CCNC(=NCc1nc(C(F)(F)F)cs1)N1CCN(c2cccc(OC)c2)CC1.I. The van der Waals surface area contributed by atoms with Crippen LogP contribution in [0, 0.1) is 0 Å². The van der Waals surface area contributed by atoms with Crippen molar-refractivity contribution in [2.45, 2.75) is 19.6 Å². The van der Waals surface area contributed by atoms with E-state index in [0.717, 1.165) is 54.3 Å². The van der Waals surface area contributed by atoms with Crippen molar-refractivity contribution < 1.29 is 17.9 Å². The van der Waals surface area contributed by atoms with Gasteiger partial charge in [0.1, 0.15) is 10.8 Å². The third-order valence-electron chi connectivity index (χ3n) is 4.54. The van der Waals surface area contributed by atoms with Crippen LogP contribution >= 0.6 is 35.3 Å². The lowest BCUT2D eigenvalue weighted by molar-refractivity contribution is -0.140. The minimum Gasteiger partial charge on any atom is -0.497 e. The Kier molecular flexibility index (Phi) is 9.01. The molecule has 1 aromatic heterocycles. The molecule has 1 fully saturated rings. The topological polar surface area (TPSA) is 53.0 Å². The van der Waals surface area contributed by atoms with Gasteiger partial charge < -0.3 is 19.9 Å². The lowest BCUT2D eigenvalue weighted by Gasteiger charge is -2.37. The summed E-state index contributed by atoms with van der Waals surface area (Å²) in [5.41, 5.74) is 0.248. The van der Waals surface area contributed by atoms with Crippen molar-refractivity contribution in [1.29, 1.82) is 0 Å². The minimum absolute atomic E-state index is 0. The van der Waals surface area contributed by atoms with Crippen molar-refractivity contribution in [3.63, 3.8) is 0 Å². The van der Waals surface area contributed by atoms with Gasteiger partial charge in [-0.3, -0.25) is 0 Å². The summed E-state index contributed by atoms with van der Waals surface area (Å²) >= 11 is 0.980. The monoisotopic (exact) mass is 555 g/mol. The van der Waals surface area contributed by atoms with Crippen molar-refractivity contribution in [2.24, 2.45) is 4.99 Å². The summed E-state index contributed by atoms with van der Waals surface area (Å²) in [7, 11) is 1.65. The van der Waals surface area contributed by atoms with E-state index in [4.69, 9.17) is 4.74 Å². The van der Waals surface area contributed by atoms with Crippen LogP contribution in [-0.4, -0.2) is 55.7 Å². The molecule has 0 atom stereocenters. The molecule has 30 heavy (non-hydrogen) atoms. The Morgan fingerprint density at radius 1 is 1.27 bits per heavy atom. The number of rotatable bonds is 5. The van der Waals surface area contributed by atoms with E-state index in [-0.39, 0.29) is 30.5 Å². The molecule has 1 aromatic carbocycles. The van der Waals surface area contributed by atoms with E-state index in [2.05, 4.69) is 31.2 Å². The molecular formula is C19H25F3IN5OS. The molecule has 2 aromatic rings. The van der Waals surface area contributed by atoms with Gasteiger partial charge in [0, 0.05) is 49.9 Å². The number of piperazine rings is 1. The molecule has 0 bridgehead atoms. The lowest BCUT2D eigenvalue weighted by atomic mass is 10.2. The van der Waals surface area contributed by atoms with E-state index < -0.39 is 11.9 Å². The molecule has 0 unspecified atom stereocenters. The first-order valence-electron chi connectivity index (χ1n) is 9.34. The summed E-state index contributed by atoms with van der Waals surface area (Å²) < 4.78 is 43.4. The van der Waals surface area contributed by atoms with E-state index in [1.54, 1.807) is 7.11 Å². The fourth-order valence-corrected chi connectivity index (χ4v) is 3.79. The third kappa shape index (κ3) is 6.37. The second kappa shape index (κ2) is 11.0. The number of alkyl halides is 3. The highest BCUT2D eigenvalue weighted by Crippen LogP contribution is 2.30. The zero-order valence-electron chi connectivity index (χ0n) is 16.8. The number of halogens is 4. The number of hydrogen-bond acceptors (Lipinski definition) is 5. The first-order valence-corrected chi connectivity index (χ1v) is 10.2. The number of aromatic nitrogens is 1. The number of guanidine groups is 1. The van der Waals surface area contributed by atoms with Gasteiger partial charge in [0.2, 0.25) is 0 Å². The highest BCUT2D eigenvalue weighted by molar-refractivity contribution is 14.0.